The Balaban J connectivity index is 1.22. The molecule has 148 valence electrons. The van der Waals surface area contributed by atoms with Gasteiger partial charge in [0.1, 0.15) is 0 Å². The summed E-state index contributed by atoms with van der Waals surface area (Å²) in [7, 11) is 0. The van der Waals surface area contributed by atoms with E-state index in [1.807, 2.05) is 24.3 Å². The Hall–Kier alpha value is -2.90. The topological polar surface area (TPSA) is 78.7 Å². The molecule has 8 heteroatoms. The van der Waals surface area contributed by atoms with Crippen LogP contribution in [0, 0.1) is 0 Å². The summed E-state index contributed by atoms with van der Waals surface area (Å²) in [4.78, 5) is 28.5. The van der Waals surface area contributed by atoms with Crippen molar-refractivity contribution < 1.29 is 14.1 Å². The van der Waals surface area contributed by atoms with Crippen molar-refractivity contribution in [1.29, 1.82) is 0 Å². The molecule has 1 amide bonds. The summed E-state index contributed by atoms with van der Waals surface area (Å²) in [6, 6.07) is 11.0. The van der Waals surface area contributed by atoms with Crippen molar-refractivity contribution >= 4 is 45.8 Å². The molecule has 0 spiro atoms. The van der Waals surface area contributed by atoms with E-state index in [2.05, 4.69) is 20.3 Å². The Morgan fingerprint density at radius 2 is 1.97 bits per heavy atom. The monoisotopic (exact) mass is 410 g/mol. The van der Waals surface area contributed by atoms with Crippen LogP contribution in [0.15, 0.2) is 40.9 Å². The number of piperazine rings is 1. The second-order valence-electron chi connectivity index (χ2n) is 7.43. The van der Waals surface area contributed by atoms with Gasteiger partial charge in [-0.3, -0.25) is 14.5 Å². The van der Waals surface area contributed by atoms with Crippen LogP contribution in [0.4, 0.5) is 11.5 Å². The molecular weight excluding hydrogens is 392 g/mol. The van der Waals surface area contributed by atoms with Crippen LogP contribution in [0.3, 0.4) is 0 Å². The highest BCUT2D eigenvalue weighted by Gasteiger charge is 2.24. The van der Waals surface area contributed by atoms with E-state index in [1.54, 1.807) is 12.1 Å². The molecule has 5 rings (SSSR count). The summed E-state index contributed by atoms with van der Waals surface area (Å²) in [5.74, 6) is 0.865. The van der Waals surface area contributed by atoms with Gasteiger partial charge in [0, 0.05) is 48.5 Å². The number of hydrogen-bond acceptors (Lipinski definition) is 6. The van der Waals surface area contributed by atoms with Gasteiger partial charge in [-0.2, -0.15) is 0 Å². The number of nitrogens with zero attached hydrogens (tertiary/aromatic N) is 3. The van der Waals surface area contributed by atoms with Crippen molar-refractivity contribution in [3.05, 3.63) is 52.5 Å². The zero-order valence-electron chi connectivity index (χ0n) is 15.7. The number of halogens is 1. The highest BCUT2D eigenvalue weighted by Crippen LogP contribution is 2.29. The molecule has 0 bridgehead atoms. The number of nitrogens with one attached hydrogen (secondary N) is 1. The van der Waals surface area contributed by atoms with Gasteiger partial charge in [0.05, 0.1) is 18.4 Å². The predicted molar refractivity (Wildman–Crippen MR) is 111 cm³/mol. The third kappa shape index (κ3) is 3.47. The SMILES string of the molecule is O=C1Cc2cc(C(=O)CN3CCN(c4noc5cc(Cl)ccc45)CC3)ccc2N1. The van der Waals surface area contributed by atoms with E-state index in [1.165, 1.54) is 0 Å². The molecule has 1 aromatic heterocycles. The fourth-order valence-electron chi connectivity index (χ4n) is 3.94. The molecule has 7 nitrogen and oxygen atoms in total. The number of fused-ring (bicyclic) bond motifs is 2. The first kappa shape index (κ1) is 18.1. The minimum absolute atomic E-state index is 0.0247. The van der Waals surface area contributed by atoms with Gasteiger partial charge in [-0.15, -0.1) is 0 Å². The molecule has 0 atom stereocenters. The fraction of sp³-hybridized carbons (Fsp3) is 0.286. The van der Waals surface area contributed by atoms with Crippen LogP contribution in [-0.4, -0.2) is 54.5 Å². The smallest absolute Gasteiger partial charge is 0.228 e. The summed E-state index contributed by atoms with van der Waals surface area (Å²) in [6.45, 7) is 3.42. The van der Waals surface area contributed by atoms with E-state index in [0.717, 1.165) is 48.6 Å². The lowest BCUT2D eigenvalue weighted by molar-refractivity contribution is -0.115. The fourth-order valence-corrected chi connectivity index (χ4v) is 4.10. The molecular formula is C21H19ClN4O3. The highest BCUT2D eigenvalue weighted by molar-refractivity contribution is 6.31. The Morgan fingerprint density at radius 3 is 2.79 bits per heavy atom. The average Bonchev–Trinajstić information content (AvgIpc) is 3.29. The number of carbonyl (C=O) groups excluding carboxylic acids is 2. The first-order valence-electron chi connectivity index (χ1n) is 9.55. The summed E-state index contributed by atoms with van der Waals surface area (Å²) < 4.78 is 5.40. The van der Waals surface area contributed by atoms with Gasteiger partial charge in [0.2, 0.25) is 5.91 Å². The van der Waals surface area contributed by atoms with Gasteiger partial charge in [-0.1, -0.05) is 16.8 Å². The average molecular weight is 411 g/mol. The number of ketones is 1. The Morgan fingerprint density at radius 1 is 1.14 bits per heavy atom. The molecule has 0 unspecified atom stereocenters. The molecule has 1 saturated heterocycles. The Labute approximate surface area is 172 Å². The molecule has 1 N–H and O–H groups in total. The minimum atomic E-state index is -0.0247. The number of hydrogen-bond donors (Lipinski definition) is 1. The van der Waals surface area contributed by atoms with E-state index in [0.29, 0.717) is 29.1 Å². The summed E-state index contributed by atoms with van der Waals surface area (Å²) in [5, 5.41) is 8.56. The number of amides is 1. The van der Waals surface area contributed by atoms with Crippen LogP contribution in [-0.2, 0) is 11.2 Å². The summed E-state index contributed by atoms with van der Waals surface area (Å²) in [6.07, 6.45) is 0.339. The van der Waals surface area contributed by atoms with Crippen LogP contribution >= 0.6 is 11.6 Å². The van der Waals surface area contributed by atoms with Gasteiger partial charge >= 0.3 is 0 Å². The summed E-state index contributed by atoms with van der Waals surface area (Å²) in [5.41, 5.74) is 3.03. The van der Waals surface area contributed by atoms with Crippen LogP contribution in [0.1, 0.15) is 15.9 Å². The lowest BCUT2D eigenvalue weighted by Crippen LogP contribution is -2.48. The van der Waals surface area contributed by atoms with Crippen molar-refractivity contribution in [2.24, 2.45) is 0 Å². The number of anilines is 2. The zero-order valence-corrected chi connectivity index (χ0v) is 16.4. The van der Waals surface area contributed by atoms with Gasteiger partial charge in [0.15, 0.2) is 17.2 Å². The maximum atomic E-state index is 12.7. The maximum Gasteiger partial charge on any atom is 0.228 e. The van der Waals surface area contributed by atoms with Crippen LogP contribution < -0.4 is 10.2 Å². The van der Waals surface area contributed by atoms with Crippen LogP contribution in [0.5, 0.6) is 0 Å². The molecule has 2 aliphatic rings. The highest BCUT2D eigenvalue weighted by atomic mass is 35.5. The molecule has 2 aliphatic heterocycles. The normalized spacial score (nSPS) is 16.9. The molecule has 3 aromatic rings. The maximum absolute atomic E-state index is 12.7. The third-order valence-electron chi connectivity index (χ3n) is 5.51. The van der Waals surface area contributed by atoms with Gasteiger partial charge in [-0.05, 0) is 35.9 Å². The van der Waals surface area contributed by atoms with E-state index < -0.39 is 0 Å². The van der Waals surface area contributed by atoms with Crippen LogP contribution in [0.2, 0.25) is 5.02 Å². The largest absolute Gasteiger partial charge is 0.354 e. The number of rotatable bonds is 4. The van der Waals surface area contributed by atoms with E-state index in [9.17, 15) is 9.59 Å². The van der Waals surface area contributed by atoms with E-state index in [4.69, 9.17) is 16.1 Å². The molecule has 29 heavy (non-hydrogen) atoms. The summed E-state index contributed by atoms with van der Waals surface area (Å²) >= 11 is 6.01. The Kier molecular flexibility index (Phi) is 4.49. The molecule has 2 aromatic carbocycles. The number of benzene rings is 2. The molecule has 0 radical (unpaired) electrons. The van der Waals surface area contributed by atoms with Gasteiger partial charge < -0.3 is 14.7 Å². The third-order valence-corrected chi connectivity index (χ3v) is 5.74. The van der Waals surface area contributed by atoms with Crippen molar-refractivity contribution in [2.75, 3.05) is 42.9 Å². The van der Waals surface area contributed by atoms with Gasteiger partial charge in [0.25, 0.3) is 0 Å². The lowest BCUT2D eigenvalue weighted by Gasteiger charge is -2.34. The second-order valence-corrected chi connectivity index (χ2v) is 7.87. The van der Waals surface area contributed by atoms with Crippen molar-refractivity contribution in [2.45, 2.75) is 6.42 Å². The first-order chi connectivity index (χ1) is 14.1. The van der Waals surface area contributed by atoms with Gasteiger partial charge in [-0.25, -0.2) is 0 Å². The minimum Gasteiger partial charge on any atom is -0.354 e. The molecule has 1 fully saturated rings. The number of carbonyl (C=O) groups is 2. The number of Topliss-reactive ketones (excluding diaryl/α,β-unsaturated/α-hetero) is 1. The quantitative estimate of drug-likeness (QED) is 0.666. The zero-order chi connectivity index (χ0) is 20.0. The second kappa shape index (κ2) is 7.17. The van der Waals surface area contributed by atoms with E-state index >= 15 is 0 Å². The van der Waals surface area contributed by atoms with Crippen molar-refractivity contribution in [3.63, 3.8) is 0 Å². The first-order valence-corrected chi connectivity index (χ1v) is 9.93. The molecule has 0 aliphatic carbocycles. The van der Waals surface area contributed by atoms with Crippen molar-refractivity contribution in [1.82, 2.24) is 10.1 Å². The van der Waals surface area contributed by atoms with Crippen molar-refractivity contribution in [3.8, 4) is 0 Å². The standard InChI is InChI=1S/C21H19ClN4O3/c22-15-2-3-16-19(11-15)29-24-21(16)26-7-5-25(6-8-26)12-18(27)13-1-4-17-14(9-13)10-20(28)23-17/h1-4,9,11H,5-8,10,12H2,(H,23,28). The number of aromatic nitrogens is 1. The molecule has 3 heterocycles. The van der Waals surface area contributed by atoms with Crippen LogP contribution in [0.25, 0.3) is 11.0 Å². The predicted octanol–water partition coefficient (Wildman–Crippen LogP) is 2.98. The molecule has 0 saturated carbocycles. The lowest BCUT2D eigenvalue weighted by atomic mass is 10.0. The van der Waals surface area contributed by atoms with E-state index in [-0.39, 0.29) is 11.7 Å². The Bertz CT molecular complexity index is 1120.